The summed E-state index contributed by atoms with van der Waals surface area (Å²) >= 11 is 1.76. The van der Waals surface area contributed by atoms with E-state index >= 15 is 0 Å². The Hall–Kier alpha value is -0.980. The van der Waals surface area contributed by atoms with Crippen molar-refractivity contribution in [1.82, 2.24) is 9.80 Å². The van der Waals surface area contributed by atoms with Crippen molar-refractivity contribution in [1.29, 1.82) is 0 Å². The zero-order valence-corrected chi connectivity index (χ0v) is 11.8. The van der Waals surface area contributed by atoms with Crippen molar-refractivity contribution in [2.45, 2.75) is 11.7 Å². The second-order valence-electron chi connectivity index (χ2n) is 4.31. The molecule has 2 heterocycles. The van der Waals surface area contributed by atoms with Gasteiger partial charge < -0.3 is 19.3 Å². The lowest BCUT2D eigenvalue weighted by molar-refractivity contribution is -0.0311. The molecular weight excluding hydrogens is 250 g/mol. The predicted molar refractivity (Wildman–Crippen MR) is 74.2 cm³/mol. The van der Waals surface area contributed by atoms with E-state index < -0.39 is 0 Å². The number of thioether (sulfide) groups is 1. The summed E-state index contributed by atoms with van der Waals surface area (Å²) in [6, 6.07) is 0. The van der Waals surface area contributed by atoms with Gasteiger partial charge in [-0.3, -0.25) is 0 Å². The first kappa shape index (κ1) is 13.5. The summed E-state index contributed by atoms with van der Waals surface area (Å²) in [6.07, 6.45) is 3.93. The lowest BCUT2D eigenvalue weighted by atomic mass is 10.4. The van der Waals surface area contributed by atoms with Gasteiger partial charge in [0, 0.05) is 33.2 Å². The van der Waals surface area contributed by atoms with Crippen LogP contribution in [0.5, 0.6) is 0 Å². The van der Waals surface area contributed by atoms with Crippen LogP contribution in [0.4, 0.5) is 0 Å². The van der Waals surface area contributed by atoms with Gasteiger partial charge in [0.15, 0.2) is 0 Å². The number of nitrogens with zero attached hydrogens (tertiary/aromatic N) is 3. The maximum atomic E-state index is 5.88. The number of methoxy groups -OCH3 is 1. The fourth-order valence-corrected chi connectivity index (χ4v) is 2.84. The van der Waals surface area contributed by atoms with Gasteiger partial charge >= 0.3 is 0 Å². The van der Waals surface area contributed by atoms with Gasteiger partial charge in [0.1, 0.15) is 23.3 Å². The fourth-order valence-electron chi connectivity index (χ4n) is 1.78. The maximum absolute atomic E-state index is 5.88. The first-order valence-corrected chi connectivity index (χ1v) is 6.84. The largest absolute Gasteiger partial charge is 0.381 e. The number of aliphatic imine (C=N–C) groups is 1. The number of hydrogen-bond acceptors (Lipinski definition) is 6. The molecule has 0 aromatic rings. The summed E-state index contributed by atoms with van der Waals surface area (Å²) in [7, 11) is 5.61. The van der Waals surface area contributed by atoms with Gasteiger partial charge in [0.25, 0.3) is 0 Å². The summed E-state index contributed by atoms with van der Waals surface area (Å²) in [5.74, 6) is 2.50. The van der Waals surface area contributed by atoms with Crippen molar-refractivity contribution in [3.63, 3.8) is 0 Å². The molecule has 0 amide bonds. The lowest BCUT2D eigenvalue weighted by Gasteiger charge is -2.30. The van der Waals surface area contributed by atoms with Crippen LogP contribution in [-0.4, -0.2) is 60.9 Å². The third-order valence-electron chi connectivity index (χ3n) is 2.73. The van der Waals surface area contributed by atoms with E-state index in [1.807, 2.05) is 36.2 Å². The van der Waals surface area contributed by atoms with Crippen molar-refractivity contribution >= 4 is 17.6 Å². The summed E-state index contributed by atoms with van der Waals surface area (Å²) in [5.41, 5.74) is 0.0976. The second-order valence-corrected chi connectivity index (χ2v) is 5.51. The molecule has 2 atom stereocenters. The van der Waals surface area contributed by atoms with Gasteiger partial charge in [0.2, 0.25) is 0 Å². The Morgan fingerprint density at radius 3 is 3.06 bits per heavy atom. The molecule has 0 radical (unpaired) electrons. The Balaban J connectivity index is 1.97. The number of likely N-dealkylation sites (N-methyl/N-ethyl adjacent to an activating group) is 1. The Bertz CT molecular complexity index is 382. The van der Waals surface area contributed by atoms with Gasteiger partial charge in [-0.1, -0.05) is 6.58 Å². The van der Waals surface area contributed by atoms with Gasteiger partial charge in [-0.15, -0.1) is 11.8 Å². The summed E-state index contributed by atoms with van der Waals surface area (Å²) < 4.78 is 11.0. The minimum atomic E-state index is -0.00800. The molecule has 0 aromatic heterocycles. The van der Waals surface area contributed by atoms with Gasteiger partial charge in [0.05, 0.1) is 6.61 Å². The van der Waals surface area contributed by atoms with E-state index in [4.69, 9.17) is 9.47 Å². The third-order valence-corrected chi connectivity index (χ3v) is 3.83. The molecule has 0 unspecified atom stereocenters. The Morgan fingerprint density at radius 1 is 1.67 bits per heavy atom. The van der Waals surface area contributed by atoms with Crippen molar-refractivity contribution in [2.75, 3.05) is 33.6 Å². The van der Waals surface area contributed by atoms with Crippen LogP contribution in [-0.2, 0) is 9.47 Å². The molecular formula is C12H19N3O2S. The van der Waals surface area contributed by atoms with E-state index in [1.165, 1.54) is 0 Å². The number of rotatable bonds is 3. The Kier molecular flexibility index (Phi) is 4.31. The average Bonchev–Trinajstić information content (AvgIpc) is 2.77. The number of ether oxygens (including phenoxy) is 2. The predicted octanol–water partition coefficient (Wildman–Crippen LogP) is 1.31. The van der Waals surface area contributed by atoms with E-state index in [0.29, 0.717) is 12.4 Å². The van der Waals surface area contributed by atoms with Crippen LogP contribution >= 0.6 is 11.8 Å². The van der Waals surface area contributed by atoms with Crippen LogP contribution in [0.15, 0.2) is 29.7 Å². The maximum Gasteiger partial charge on any atom is 0.145 e. The fraction of sp³-hybridized carbons (Fsp3) is 0.583. The molecule has 2 aliphatic heterocycles. The third kappa shape index (κ3) is 2.88. The zero-order valence-electron chi connectivity index (χ0n) is 11.0. The molecule has 18 heavy (non-hydrogen) atoms. The molecule has 2 rings (SSSR count). The quantitative estimate of drug-likeness (QED) is 0.772. The van der Waals surface area contributed by atoms with E-state index in [2.05, 4.69) is 11.6 Å². The minimum absolute atomic E-state index is 0.00800. The lowest BCUT2D eigenvalue weighted by Crippen LogP contribution is -2.35. The zero-order chi connectivity index (χ0) is 13.1. The Morgan fingerprint density at radius 2 is 2.44 bits per heavy atom. The van der Waals surface area contributed by atoms with Crippen LogP contribution in [0, 0.1) is 0 Å². The highest BCUT2D eigenvalue weighted by molar-refractivity contribution is 8.00. The summed E-state index contributed by atoms with van der Waals surface area (Å²) in [4.78, 5) is 8.37. The molecule has 0 spiro atoms. The Labute approximate surface area is 112 Å². The molecule has 1 saturated heterocycles. The normalized spacial score (nSPS) is 27.6. The summed E-state index contributed by atoms with van der Waals surface area (Å²) in [6.45, 7) is 4.59. The van der Waals surface area contributed by atoms with Crippen LogP contribution < -0.4 is 0 Å². The summed E-state index contributed by atoms with van der Waals surface area (Å²) in [5, 5.41) is 0. The highest BCUT2D eigenvalue weighted by Gasteiger charge is 2.31. The SMILES string of the molecule is C=C1N=C(N(C)C)C=CN1[C@@H]1CS[C@H](COC)O1. The monoisotopic (exact) mass is 269 g/mol. The van der Waals surface area contributed by atoms with E-state index in [-0.39, 0.29) is 11.7 Å². The molecule has 5 nitrogen and oxygen atoms in total. The smallest absolute Gasteiger partial charge is 0.145 e. The van der Waals surface area contributed by atoms with Crippen molar-refractivity contribution in [3.05, 3.63) is 24.7 Å². The molecule has 2 aliphatic rings. The molecule has 6 heteroatoms. The molecule has 1 fully saturated rings. The minimum Gasteiger partial charge on any atom is -0.381 e. The van der Waals surface area contributed by atoms with E-state index in [9.17, 15) is 0 Å². The standard InChI is InChI=1S/C12H19N3O2S/c1-9-13-10(14(2)3)5-6-15(9)11-8-18-12(17-11)7-16-4/h5-6,11-12H,1,7-8H2,2-4H3/t11-,12+/m0/s1. The van der Waals surface area contributed by atoms with Crippen molar-refractivity contribution in [2.24, 2.45) is 4.99 Å². The first-order valence-electron chi connectivity index (χ1n) is 5.79. The van der Waals surface area contributed by atoms with Crippen LogP contribution in [0.1, 0.15) is 0 Å². The molecule has 0 saturated carbocycles. The highest BCUT2D eigenvalue weighted by atomic mass is 32.2. The van der Waals surface area contributed by atoms with Crippen LogP contribution in [0.3, 0.4) is 0 Å². The molecule has 0 aliphatic carbocycles. The average molecular weight is 269 g/mol. The van der Waals surface area contributed by atoms with E-state index in [0.717, 1.165) is 11.6 Å². The van der Waals surface area contributed by atoms with Gasteiger partial charge in [-0.25, -0.2) is 4.99 Å². The van der Waals surface area contributed by atoms with Crippen molar-refractivity contribution in [3.8, 4) is 0 Å². The van der Waals surface area contributed by atoms with Gasteiger partial charge in [-0.2, -0.15) is 0 Å². The van der Waals surface area contributed by atoms with Gasteiger partial charge in [-0.05, 0) is 6.08 Å². The topological polar surface area (TPSA) is 37.3 Å². The molecule has 100 valence electrons. The number of amidine groups is 1. The van der Waals surface area contributed by atoms with Crippen molar-refractivity contribution < 1.29 is 9.47 Å². The van der Waals surface area contributed by atoms with Crippen LogP contribution in [0.2, 0.25) is 0 Å². The molecule has 0 bridgehead atoms. The molecule has 0 N–H and O–H groups in total. The van der Waals surface area contributed by atoms with Crippen LogP contribution in [0.25, 0.3) is 0 Å². The highest BCUT2D eigenvalue weighted by Crippen LogP contribution is 2.30. The molecule has 0 aromatic carbocycles. The number of hydrogen-bond donors (Lipinski definition) is 0. The second kappa shape index (κ2) is 5.77. The first-order chi connectivity index (χ1) is 8.61. The van der Waals surface area contributed by atoms with E-state index in [1.54, 1.807) is 18.9 Å².